The van der Waals surface area contributed by atoms with Crippen molar-refractivity contribution in [2.24, 2.45) is 5.92 Å². The summed E-state index contributed by atoms with van der Waals surface area (Å²) in [5, 5.41) is 6.51. The zero-order valence-electron chi connectivity index (χ0n) is 13.4. The number of hydrogen-bond acceptors (Lipinski definition) is 3. The van der Waals surface area contributed by atoms with Gasteiger partial charge < -0.3 is 15.4 Å². The van der Waals surface area contributed by atoms with Gasteiger partial charge in [-0.25, -0.2) is 0 Å². The number of ether oxygens (including phenoxy) is 1. The Balaban J connectivity index is 2.68. The van der Waals surface area contributed by atoms with E-state index in [0.29, 0.717) is 23.2 Å². The van der Waals surface area contributed by atoms with Gasteiger partial charge >= 0.3 is 0 Å². The molecule has 1 rings (SSSR count). The lowest BCUT2D eigenvalue weighted by atomic mass is 10.1. The van der Waals surface area contributed by atoms with E-state index in [-0.39, 0.29) is 11.9 Å². The van der Waals surface area contributed by atoms with Crippen molar-refractivity contribution in [3.63, 3.8) is 0 Å². The van der Waals surface area contributed by atoms with Crippen LogP contribution in [0.2, 0.25) is 5.02 Å². The van der Waals surface area contributed by atoms with Crippen LogP contribution >= 0.6 is 11.6 Å². The van der Waals surface area contributed by atoms with E-state index in [0.717, 1.165) is 5.56 Å². The molecule has 2 N–H and O–H groups in total. The Hall–Kier alpha value is -1.26. The van der Waals surface area contributed by atoms with Crippen molar-refractivity contribution in [3.8, 4) is 5.75 Å². The fourth-order valence-electron chi connectivity index (χ4n) is 1.74. The number of nitrogens with one attached hydrogen (secondary N) is 2. The Morgan fingerprint density at radius 2 is 1.95 bits per heavy atom. The summed E-state index contributed by atoms with van der Waals surface area (Å²) in [5.74, 6) is 0.801. The zero-order valence-corrected chi connectivity index (χ0v) is 14.1. The van der Waals surface area contributed by atoms with Gasteiger partial charge in [0, 0.05) is 12.6 Å². The molecule has 0 aliphatic rings. The highest BCUT2D eigenvalue weighted by Gasteiger charge is 2.16. The van der Waals surface area contributed by atoms with Crippen molar-refractivity contribution in [1.82, 2.24) is 10.6 Å². The van der Waals surface area contributed by atoms with Crippen LogP contribution in [-0.2, 0) is 4.79 Å². The van der Waals surface area contributed by atoms with Crippen molar-refractivity contribution < 1.29 is 9.53 Å². The number of carbonyl (C=O) groups excluding carboxylic acids is 1. The van der Waals surface area contributed by atoms with E-state index >= 15 is 0 Å². The number of amides is 1. The normalized spacial score (nSPS) is 13.9. The zero-order chi connectivity index (χ0) is 16.0. The summed E-state index contributed by atoms with van der Waals surface area (Å²) in [4.78, 5) is 11.9. The third-order valence-electron chi connectivity index (χ3n) is 3.25. The average molecular weight is 313 g/mol. The first-order chi connectivity index (χ1) is 9.85. The topological polar surface area (TPSA) is 50.4 Å². The SMILES string of the molecule is CNC(C)c1ccc(OC(C)C(=O)NCC(C)C)c(Cl)c1. The highest BCUT2D eigenvalue weighted by Crippen LogP contribution is 2.28. The van der Waals surface area contributed by atoms with Crippen LogP contribution in [0.3, 0.4) is 0 Å². The van der Waals surface area contributed by atoms with Crippen molar-refractivity contribution in [2.45, 2.75) is 39.8 Å². The molecule has 0 aromatic heterocycles. The van der Waals surface area contributed by atoms with Crippen molar-refractivity contribution in [1.29, 1.82) is 0 Å². The summed E-state index contributed by atoms with van der Waals surface area (Å²) >= 11 is 6.22. The van der Waals surface area contributed by atoms with Gasteiger partial charge in [0.05, 0.1) is 5.02 Å². The maximum absolute atomic E-state index is 11.9. The Morgan fingerprint density at radius 1 is 1.29 bits per heavy atom. The fraction of sp³-hybridized carbons (Fsp3) is 0.562. The third-order valence-corrected chi connectivity index (χ3v) is 3.54. The van der Waals surface area contributed by atoms with Crippen molar-refractivity contribution in [2.75, 3.05) is 13.6 Å². The molecular formula is C16H25ClN2O2. The Labute approximate surface area is 132 Å². The lowest BCUT2D eigenvalue weighted by Crippen LogP contribution is -2.38. The molecule has 0 aliphatic heterocycles. The maximum Gasteiger partial charge on any atom is 0.260 e. The molecule has 0 spiro atoms. The van der Waals surface area contributed by atoms with E-state index in [4.69, 9.17) is 16.3 Å². The molecule has 118 valence electrons. The van der Waals surface area contributed by atoms with Crippen LogP contribution in [0, 0.1) is 5.92 Å². The Kier molecular flexibility index (Phi) is 6.99. The van der Waals surface area contributed by atoms with Gasteiger partial charge in [0.1, 0.15) is 5.75 Å². The molecule has 0 aliphatic carbocycles. The first-order valence-electron chi connectivity index (χ1n) is 7.26. The molecule has 0 saturated heterocycles. The predicted molar refractivity (Wildman–Crippen MR) is 86.9 cm³/mol. The first-order valence-corrected chi connectivity index (χ1v) is 7.64. The summed E-state index contributed by atoms with van der Waals surface area (Å²) < 4.78 is 5.64. The molecule has 1 amide bonds. The standard InChI is InChI=1S/C16H25ClN2O2/c1-10(2)9-19-16(20)12(4)21-15-7-6-13(8-14(15)17)11(3)18-5/h6-8,10-12,18H,9H2,1-5H3,(H,19,20). The Bertz CT molecular complexity index is 477. The fourth-order valence-corrected chi connectivity index (χ4v) is 1.97. The van der Waals surface area contributed by atoms with Gasteiger partial charge in [0.2, 0.25) is 0 Å². The molecule has 0 saturated carbocycles. The van der Waals surface area contributed by atoms with Crippen LogP contribution in [0.25, 0.3) is 0 Å². The molecule has 0 fully saturated rings. The van der Waals surface area contributed by atoms with E-state index < -0.39 is 6.10 Å². The second kappa shape index (κ2) is 8.25. The Morgan fingerprint density at radius 3 is 2.48 bits per heavy atom. The van der Waals surface area contributed by atoms with Crippen LogP contribution in [0.5, 0.6) is 5.75 Å². The number of carbonyl (C=O) groups is 1. The largest absolute Gasteiger partial charge is 0.479 e. The van der Waals surface area contributed by atoms with Gasteiger partial charge in [-0.3, -0.25) is 4.79 Å². The maximum atomic E-state index is 11.9. The van der Waals surface area contributed by atoms with Gasteiger partial charge in [0.15, 0.2) is 6.10 Å². The summed E-state index contributed by atoms with van der Waals surface area (Å²) in [6.07, 6.45) is -0.575. The molecule has 4 nitrogen and oxygen atoms in total. The molecule has 1 aromatic carbocycles. The molecule has 0 bridgehead atoms. The molecule has 2 unspecified atom stereocenters. The third kappa shape index (κ3) is 5.56. The second-order valence-corrected chi connectivity index (χ2v) is 6.01. The van der Waals surface area contributed by atoms with Gasteiger partial charge in [-0.1, -0.05) is 31.5 Å². The average Bonchev–Trinajstić information content (AvgIpc) is 2.45. The summed E-state index contributed by atoms with van der Waals surface area (Å²) in [5.41, 5.74) is 1.08. The number of benzene rings is 1. The lowest BCUT2D eigenvalue weighted by molar-refractivity contribution is -0.127. The summed E-state index contributed by atoms with van der Waals surface area (Å²) in [6.45, 7) is 8.50. The highest BCUT2D eigenvalue weighted by molar-refractivity contribution is 6.32. The second-order valence-electron chi connectivity index (χ2n) is 5.60. The van der Waals surface area contributed by atoms with Crippen LogP contribution in [0.15, 0.2) is 18.2 Å². The first kappa shape index (κ1) is 17.8. The molecular weight excluding hydrogens is 288 g/mol. The van der Waals surface area contributed by atoms with Gasteiger partial charge in [0.25, 0.3) is 5.91 Å². The monoisotopic (exact) mass is 312 g/mol. The molecule has 5 heteroatoms. The van der Waals surface area contributed by atoms with Crippen molar-refractivity contribution >= 4 is 17.5 Å². The molecule has 0 radical (unpaired) electrons. The molecule has 1 aromatic rings. The van der Waals surface area contributed by atoms with Crippen LogP contribution in [-0.4, -0.2) is 25.6 Å². The minimum Gasteiger partial charge on any atom is -0.479 e. The molecule has 2 atom stereocenters. The van der Waals surface area contributed by atoms with Crippen molar-refractivity contribution in [3.05, 3.63) is 28.8 Å². The number of halogens is 1. The lowest BCUT2D eigenvalue weighted by Gasteiger charge is -2.18. The minimum absolute atomic E-state index is 0.132. The van der Waals surface area contributed by atoms with E-state index in [2.05, 4.69) is 10.6 Å². The van der Waals surface area contributed by atoms with E-state index in [1.54, 1.807) is 13.0 Å². The van der Waals surface area contributed by atoms with Crippen LogP contribution in [0.4, 0.5) is 0 Å². The molecule has 0 heterocycles. The van der Waals surface area contributed by atoms with E-state index in [1.807, 2.05) is 40.0 Å². The number of rotatable bonds is 7. The van der Waals surface area contributed by atoms with Gasteiger partial charge in [-0.15, -0.1) is 0 Å². The minimum atomic E-state index is -0.575. The quantitative estimate of drug-likeness (QED) is 0.813. The van der Waals surface area contributed by atoms with E-state index in [9.17, 15) is 4.79 Å². The number of hydrogen-bond donors (Lipinski definition) is 2. The smallest absolute Gasteiger partial charge is 0.260 e. The molecule has 21 heavy (non-hydrogen) atoms. The highest BCUT2D eigenvalue weighted by atomic mass is 35.5. The van der Waals surface area contributed by atoms with E-state index in [1.165, 1.54) is 0 Å². The predicted octanol–water partition coefficient (Wildman–Crippen LogP) is 3.16. The van der Waals surface area contributed by atoms with Crippen LogP contribution in [0.1, 0.15) is 39.3 Å². The summed E-state index contributed by atoms with van der Waals surface area (Å²) in [7, 11) is 1.89. The van der Waals surface area contributed by atoms with Gasteiger partial charge in [-0.05, 0) is 44.5 Å². The van der Waals surface area contributed by atoms with Crippen LogP contribution < -0.4 is 15.4 Å². The summed E-state index contributed by atoms with van der Waals surface area (Å²) in [6, 6.07) is 5.82. The van der Waals surface area contributed by atoms with Gasteiger partial charge in [-0.2, -0.15) is 0 Å².